The summed E-state index contributed by atoms with van der Waals surface area (Å²) in [6.45, 7) is -0.392. The van der Waals surface area contributed by atoms with Gasteiger partial charge in [-0.05, 0) is 88.5 Å². The number of halogens is 4. The third kappa shape index (κ3) is 7.85. The van der Waals surface area contributed by atoms with E-state index < -0.39 is 12.6 Å². The van der Waals surface area contributed by atoms with Gasteiger partial charge in [-0.1, -0.05) is 77.8 Å². The van der Waals surface area contributed by atoms with Crippen LogP contribution in [0.4, 0.5) is 8.78 Å². The van der Waals surface area contributed by atoms with Gasteiger partial charge in [0.05, 0.1) is 10.0 Å². The van der Waals surface area contributed by atoms with Crippen LogP contribution in [0.5, 0.6) is 5.75 Å². The maximum absolute atomic E-state index is 13.6. The smallest absolute Gasteiger partial charge is 0.341 e. The highest BCUT2D eigenvalue weighted by molar-refractivity contribution is 7.99. The number of carbonyl (C=O) groups is 1. The lowest BCUT2D eigenvalue weighted by atomic mass is 9.94. The molecule has 5 aromatic carbocycles. The first-order chi connectivity index (χ1) is 20.8. The molecule has 0 bridgehead atoms. The van der Waals surface area contributed by atoms with Crippen molar-refractivity contribution in [2.45, 2.75) is 4.90 Å². The predicted molar refractivity (Wildman–Crippen MR) is 171 cm³/mol. The molecule has 5 aromatic rings. The van der Waals surface area contributed by atoms with Gasteiger partial charge in [-0.2, -0.15) is 0 Å². The molecule has 0 spiro atoms. The van der Waals surface area contributed by atoms with Crippen molar-refractivity contribution in [3.05, 3.63) is 148 Å². The Kier molecular flexibility index (Phi) is 9.82. The van der Waals surface area contributed by atoms with E-state index in [9.17, 15) is 13.6 Å². The highest BCUT2D eigenvalue weighted by atomic mass is 35.5. The zero-order valence-electron chi connectivity index (χ0n) is 22.6. The third-order valence-corrected chi connectivity index (χ3v) is 8.16. The first-order valence-corrected chi connectivity index (χ1v) is 14.9. The van der Waals surface area contributed by atoms with Crippen molar-refractivity contribution in [2.75, 3.05) is 12.4 Å². The maximum Gasteiger partial charge on any atom is 0.341 e. The molecular formula is C35H24Cl2F2O3S. The van der Waals surface area contributed by atoms with Gasteiger partial charge in [0.15, 0.2) is 6.61 Å². The van der Waals surface area contributed by atoms with Gasteiger partial charge in [-0.3, -0.25) is 0 Å². The van der Waals surface area contributed by atoms with Crippen LogP contribution in [0, 0.1) is 11.6 Å². The first kappa shape index (κ1) is 30.4. The van der Waals surface area contributed by atoms with Crippen LogP contribution >= 0.6 is 35.0 Å². The van der Waals surface area contributed by atoms with Crippen molar-refractivity contribution >= 4 is 46.5 Å². The lowest BCUT2D eigenvalue weighted by Gasteiger charge is -2.13. The highest BCUT2D eigenvalue weighted by Gasteiger charge is 2.11. The van der Waals surface area contributed by atoms with Crippen molar-refractivity contribution in [1.29, 1.82) is 0 Å². The van der Waals surface area contributed by atoms with Crippen LogP contribution in [0.1, 0.15) is 11.1 Å². The minimum Gasteiger partial charge on any atom is -0.482 e. The van der Waals surface area contributed by atoms with Crippen LogP contribution in [0.15, 0.2) is 120 Å². The Morgan fingerprint density at radius 3 is 1.65 bits per heavy atom. The number of ether oxygens (including phenoxy) is 1. The quantitative estimate of drug-likeness (QED) is 0.156. The van der Waals surface area contributed by atoms with E-state index in [1.54, 1.807) is 36.0 Å². The van der Waals surface area contributed by atoms with Crippen LogP contribution in [0.25, 0.3) is 27.8 Å². The Bertz CT molecular complexity index is 1670. The number of rotatable bonds is 10. The Hall–Kier alpha value is -4.10. The number of carboxylic acids is 1. The topological polar surface area (TPSA) is 46.5 Å². The fourth-order valence-corrected chi connectivity index (χ4v) is 5.83. The zero-order valence-corrected chi connectivity index (χ0v) is 24.9. The molecule has 43 heavy (non-hydrogen) atoms. The molecule has 0 radical (unpaired) electrons. The SMILES string of the molecule is O=C(O)COc1ccc(SCC=C(c2ccc(-c3ccc(F)cc3Cl)cc2)c2ccc(-c3ccc(F)cc3Cl)cc2)cc1. The van der Waals surface area contributed by atoms with Crippen molar-refractivity contribution < 1.29 is 23.4 Å². The van der Waals surface area contributed by atoms with E-state index in [1.807, 2.05) is 60.7 Å². The number of aliphatic carboxylic acids is 1. The Morgan fingerprint density at radius 2 is 1.21 bits per heavy atom. The summed E-state index contributed by atoms with van der Waals surface area (Å²) in [5.41, 5.74) is 6.18. The van der Waals surface area contributed by atoms with Crippen molar-refractivity contribution in [1.82, 2.24) is 0 Å². The molecule has 0 aliphatic carbocycles. The van der Waals surface area contributed by atoms with Crippen LogP contribution in [0.2, 0.25) is 10.0 Å². The molecule has 1 N–H and O–H groups in total. The Balaban J connectivity index is 1.42. The molecule has 0 heterocycles. The number of benzene rings is 5. The predicted octanol–water partition coefficient (Wildman–Crippen LogP) is 10.3. The van der Waals surface area contributed by atoms with Gasteiger partial charge in [0.1, 0.15) is 17.4 Å². The monoisotopic (exact) mass is 632 g/mol. The average Bonchev–Trinajstić information content (AvgIpc) is 2.99. The highest BCUT2D eigenvalue weighted by Crippen LogP contribution is 2.34. The van der Waals surface area contributed by atoms with E-state index in [0.717, 1.165) is 43.8 Å². The molecule has 0 saturated carbocycles. The van der Waals surface area contributed by atoms with Gasteiger partial charge in [-0.25, -0.2) is 13.6 Å². The fourth-order valence-electron chi connectivity index (χ4n) is 4.51. The van der Waals surface area contributed by atoms with E-state index in [-0.39, 0.29) is 11.6 Å². The van der Waals surface area contributed by atoms with Gasteiger partial charge in [0.2, 0.25) is 0 Å². The Labute approximate surface area is 262 Å². The molecule has 0 atom stereocenters. The van der Waals surface area contributed by atoms with Gasteiger partial charge >= 0.3 is 5.97 Å². The van der Waals surface area contributed by atoms with Crippen LogP contribution in [0.3, 0.4) is 0 Å². The molecular weight excluding hydrogens is 609 g/mol. The van der Waals surface area contributed by atoms with Crippen molar-refractivity contribution in [3.8, 4) is 28.0 Å². The van der Waals surface area contributed by atoms with Gasteiger partial charge in [0.25, 0.3) is 0 Å². The van der Waals surface area contributed by atoms with E-state index in [2.05, 4.69) is 6.08 Å². The van der Waals surface area contributed by atoms with Crippen LogP contribution in [-0.2, 0) is 4.79 Å². The second-order valence-corrected chi connectivity index (χ2v) is 11.4. The fraction of sp³-hybridized carbons (Fsp3) is 0.0571. The summed E-state index contributed by atoms with van der Waals surface area (Å²) in [6.07, 6.45) is 2.14. The van der Waals surface area contributed by atoms with Crippen LogP contribution in [-0.4, -0.2) is 23.4 Å². The minimum atomic E-state index is -1.03. The molecule has 0 saturated heterocycles. The normalized spacial score (nSPS) is 10.8. The summed E-state index contributed by atoms with van der Waals surface area (Å²) in [5.74, 6) is -0.659. The molecule has 216 valence electrons. The summed E-state index contributed by atoms with van der Waals surface area (Å²) in [5, 5.41) is 9.49. The van der Waals surface area contributed by atoms with Gasteiger partial charge in [0, 0.05) is 21.8 Å². The maximum atomic E-state index is 13.6. The molecule has 0 aromatic heterocycles. The van der Waals surface area contributed by atoms with E-state index >= 15 is 0 Å². The summed E-state index contributed by atoms with van der Waals surface area (Å²) < 4.78 is 32.4. The molecule has 5 rings (SSSR count). The second kappa shape index (κ2) is 13.9. The van der Waals surface area contributed by atoms with Gasteiger partial charge < -0.3 is 9.84 Å². The number of carboxylic acid groups (broad SMARTS) is 1. The third-order valence-electron chi connectivity index (χ3n) is 6.60. The zero-order chi connectivity index (χ0) is 30.3. The van der Waals surface area contributed by atoms with Gasteiger partial charge in [-0.15, -0.1) is 11.8 Å². The van der Waals surface area contributed by atoms with Crippen LogP contribution < -0.4 is 4.74 Å². The summed E-state index contributed by atoms with van der Waals surface area (Å²) in [6, 6.07) is 31.8. The summed E-state index contributed by atoms with van der Waals surface area (Å²) in [7, 11) is 0. The average molecular weight is 634 g/mol. The molecule has 8 heteroatoms. The molecule has 0 amide bonds. The van der Waals surface area contributed by atoms with E-state index in [4.69, 9.17) is 33.0 Å². The molecule has 3 nitrogen and oxygen atoms in total. The van der Waals surface area contributed by atoms with E-state index in [0.29, 0.717) is 21.5 Å². The largest absolute Gasteiger partial charge is 0.482 e. The minimum absolute atomic E-state index is 0.342. The number of hydrogen-bond acceptors (Lipinski definition) is 3. The standard InChI is InChI=1S/C35H24Cl2F2O3S/c36-33-19-26(38)9-15-31(33)24-5-1-22(2-6-24)30(17-18-43-29-13-11-28(12-14-29)42-21-35(40)41)23-3-7-25(8-4-23)32-16-10-27(39)20-34(32)37/h1-17,19-20H,18,21H2,(H,40,41). The number of thioether (sulfide) groups is 1. The lowest BCUT2D eigenvalue weighted by molar-refractivity contribution is -0.139. The molecule has 0 aliphatic rings. The van der Waals surface area contributed by atoms with Crippen molar-refractivity contribution in [3.63, 3.8) is 0 Å². The molecule has 0 unspecified atom stereocenters. The second-order valence-electron chi connectivity index (χ2n) is 9.49. The van der Waals surface area contributed by atoms with Crippen molar-refractivity contribution in [2.24, 2.45) is 0 Å². The first-order valence-electron chi connectivity index (χ1n) is 13.2. The summed E-state index contributed by atoms with van der Waals surface area (Å²) >= 11 is 14.2. The van der Waals surface area contributed by atoms with E-state index in [1.165, 1.54) is 24.3 Å². The summed E-state index contributed by atoms with van der Waals surface area (Å²) in [4.78, 5) is 11.7. The number of hydrogen-bond donors (Lipinski definition) is 1. The lowest BCUT2D eigenvalue weighted by Crippen LogP contribution is -2.09. The Morgan fingerprint density at radius 1 is 0.721 bits per heavy atom. The molecule has 0 fully saturated rings. The molecule has 0 aliphatic heterocycles.